The molecule has 0 bridgehead atoms. The van der Waals surface area contributed by atoms with Gasteiger partial charge in [0, 0.05) is 6.54 Å². The highest BCUT2D eigenvalue weighted by Crippen LogP contribution is 2.36. The maximum absolute atomic E-state index is 12.2. The van der Waals surface area contributed by atoms with E-state index in [9.17, 15) is 14.7 Å². The van der Waals surface area contributed by atoms with E-state index in [2.05, 4.69) is 12.2 Å². The third-order valence-corrected chi connectivity index (χ3v) is 5.35. The highest BCUT2D eigenvalue weighted by atomic mass is 16.4. The van der Waals surface area contributed by atoms with Gasteiger partial charge in [-0.3, -0.25) is 9.59 Å². The van der Waals surface area contributed by atoms with Crippen molar-refractivity contribution in [1.29, 1.82) is 0 Å². The molecular formula is C17H29NO3. The summed E-state index contributed by atoms with van der Waals surface area (Å²) in [6.07, 6.45) is 7.57. The quantitative estimate of drug-likeness (QED) is 0.819. The summed E-state index contributed by atoms with van der Waals surface area (Å²) in [6.45, 7) is 5.04. The predicted octanol–water partition coefficient (Wildman–Crippen LogP) is 3.07. The van der Waals surface area contributed by atoms with Crippen molar-refractivity contribution in [3.05, 3.63) is 0 Å². The molecule has 4 heteroatoms. The molecule has 0 spiro atoms. The summed E-state index contributed by atoms with van der Waals surface area (Å²) in [4.78, 5) is 23.5. The smallest absolute Gasteiger partial charge is 0.307 e. The van der Waals surface area contributed by atoms with Crippen molar-refractivity contribution in [1.82, 2.24) is 5.32 Å². The van der Waals surface area contributed by atoms with Crippen molar-refractivity contribution in [2.24, 2.45) is 29.6 Å². The van der Waals surface area contributed by atoms with Gasteiger partial charge in [0.2, 0.25) is 5.91 Å². The normalized spacial score (nSPS) is 36.4. The van der Waals surface area contributed by atoms with Gasteiger partial charge in [-0.2, -0.15) is 0 Å². The van der Waals surface area contributed by atoms with E-state index in [0.29, 0.717) is 25.3 Å². The fourth-order valence-corrected chi connectivity index (χ4v) is 4.21. The van der Waals surface area contributed by atoms with Crippen molar-refractivity contribution in [2.45, 2.75) is 58.8 Å². The van der Waals surface area contributed by atoms with Crippen LogP contribution in [0, 0.1) is 29.6 Å². The Bertz CT molecular complexity index is 382. The zero-order valence-electron chi connectivity index (χ0n) is 13.3. The van der Waals surface area contributed by atoms with Crippen molar-refractivity contribution >= 4 is 11.9 Å². The van der Waals surface area contributed by atoms with Crippen molar-refractivity contribution in [3.8, 4) is 0 Å². The topological polar surface area (TPSA) is 66.4 Å². The zero-order chi connectivity index (χ0) is 15.4. The van der Waals surface area contributed by atoms with Gasteiger partial charge in [-0.25, -0.2) is 0 Å². The minimum atomic E-state index is -0.819. The van der Waals surface area contributed by atoms with Gasteiger partial charge in [-0.15, -0.1) is 0 Å². The first-order valence-electron chi connectivity index (χ1n) is 8.48. The molecule has 0 heterocycles. The first-order valence-corrected chi connectivity index (χ1v) is 8.48. The van der Waals surface area contributed by atoms with E-state index in [-0.39, 0.29) is 11.8 Å². The fourth-order valence-electron chi connectivity index (χ4n) is 4.21. The monoisotopic (exact) mass is 295 g/mol. The average Bonchev–Trinajstić information content (AvgIpc) is 2.81. The summed E-state index contributed by atoms with van der Waals surface area (Å²) in [5.74, 6) is 0.188. The lowest BCUT2D eigenvalue weighted by Gasteiger charge is -2.27. The van der Waals surface area contributed by atoms with Crippen molar-refractivity contribution in [2.75, 3.05) is 6.54 Å². The largest absolute Gasteiger partial charge is 0.481 e. The van der Waals surface area contributed by atoms with Gasteiger partial charge in [0.05, 0.1) is 11.8 Å². The number of carboxylic acid groups (broad SMARTS) is 1. The highest BCUT2D eigenvalue weighted by Gasteiger charge is 2.41. The minimum Gasteiger partial charge on any atom is -0.481 e. The van der Waals surface area contributed by atoms with Crippen LogP contribution in [0.4, 0.5) is 0 Å². The number of hydrogen-bond donors (Lipinski definition) is 2. The van der Waals surface area contributed by atoms with Crippen LogP contribution in [-0.2, 0) is 9.59 Å². The van der Waals surface area contributed by atoms with Gasteiger partial charge in [-0.05, 0) is 43.4 Å². The number of hydrogen-bond acceptors (Lipinski definition) is 2. The molecule has 0 aromatic rings. The Balaban J connectivity index is 1.75. The summed E-state index contributed by atoms with van der Waals surface area (Å²) in [6, 6.07) is 0. The van der Waals surface area contributed by atoms with Gasteiger partial charge in [0.1, 0.15) is 0 Å². The first kappa shape index (κ1) is 16.3. The molecule has 2 aliphatic carbocycles. The molecule has 21 heavy (non-hydrogen) atoms. The van der Waals surface area contributed by atoms with Gasteiger partial charge in [0.15, 0.2) is 0 Å². The molecule has 0 saturated heterocycles. The zero-order valence-corrected chi connectivity index (χ0v) is 13.3. The molecule has 0 radical (unpaired) electrons. The molecule has 2 fully saturated rings. The van der Waals surface area contributed by atoms with E-state index >= 15 is 0 Å². The van der Waals surface area contributed by atoms with Crippen LogP contribution in [0.5, 0.6) is 0 Å². The van der Waals surface area contributed by atoms with Gasteiger partial charge in [0.25, 0.3) is 0 Å². The second kappa shape index (κ2) is 7.28. The molecule has 2 N–H and O–H groups in total. The molecule has 0 aromatic carbocycles. The number of carbonyl (C=O) groups is 2. The lowest BCUT2D eigenvalue weighted by Crippen LogP contribution is -2.36. The highest BCUT2D eigenvalue weighted by molar-refractivity contribution is 5.85. The SMILES string of the molecule is CC1CCCC(CCNC(=O)C2CC(C)CC2C(=O)O)C1. The van der Waals surface area contributed by atoms with Crippen LogP contribution in [-0.4, -0.2) is 23.5 Å². The van der Waals surface area contributed by atoms with E-state index in [1.165, 1.54) is 25.7 Å². The molecule has 5 unspecified atom stereocenters. The number of aliphatic carboxylic acids is 1. The maximum Gasteiger partial charge on any atom is 0.307 e. The Hall–Kier alpha value is -1.06. The second-order valence-corrected chi connectivity index (χ2v) is 7.35. The Labute approximate surface area is 127 Å². The van der Waals surface area contributed by atoms with Crippen LogP contribution in [0.15, 0.2) is 0 Å². The van der Waals surface area contributed by atoms with Crippen LogP contribution >= 0.6 is 0 Å². The van der Waals surface area contributed by atoms with Crippen LogP contribution in [0.3, 0.4) is 0 Å². The molecule has 120 valence electrons. The van der Waals surface area contributed by atoms with Gasteiger partial charge in [-0.1, -0.05) is 33.1 Å². The Morgan fingerprint density at radius 3 is 2.43 bits per heavy atom. The minimum absolute atomic E-state index is 0.0457. The Morgan fingerprint density at radius 1 is 1.05 bits per heavy atom. The van der Waals surface area contributed by atoms with Crippen molar-refractivity contribution in [3.63, 3.8) is 0 Å². The number of amides is 1. The first-order chi connectivity index (χ1) is 9.97. The van der Waals surface area contributed by atoms with Crippen LogP contribution < -0.4 is 5.32 Å². The van der Waals surface area contributed by atoms with E-state index in [1.54, 1.807) is 0 Å². The summed E-state index contributed by atoms with van der Waals surface area (Å²) >= 11 is 0. The average molecular weight is 295 g/mol. The van der Waals surface area contributed by atoms with Crippen LogP contribution in [0.25, 0.3) is 0 Å². The number of nitrogens with one attached hydrogen (secondary N) is 1. The van der Waals surface area contributed by atoms with Gasteiger partial charge < -0.3 is 10.4 Å². The molecule has 1 amide bonds. The van der Waals surface area contributed by atoms with Crippen molar-refractivity contribution < 1.29 is 14.7 Å². The molecule has 5 atom stereocenters. The number of rotatable bonds is 5. The summed E-state index contributed by atoms with van der Waals surface area (Å²) in [5.41, 5.74) is 0. The van der Waals surface area contributed by atoms with Crippen LogP contribution in [0.1, 0.15) is 58.8 Å². The maximum atomic E-state index is 12.2. The molecule has 2 saturated carbocycles. The molecule has 0 aromatic heterocycles. The molecule has 0 aliphatic heterocycles. The summed E-state index contributed by atoms with van der Waals surface area (Å²) in [7, 11) is 0. The lowest BCUT2D eigenvalue weighted by atomic mass is 9.81. The standard InChI is InChI=1S/C17H29NO3/c1-11-4-3-5-13(8-11)6-7-18-16(19)14-9-12(2)10-15(14)17(20)21/h11-15H,3-10H2,1-2H3,(H,18,19)(H,20,21). The van der Waals surface area contributed by atoms with Gasteiger partial charge >= 0.3 is 5.97 Å². The third kappa shape index (κ3) is 4.45. The molecule has 4 nitrogen and oxygen atoms in total. The number of carbonyl (C=O) groups excluding carboxylic acids is 1. The molecule has 2 aliphatic rings. The van der Waals surface area contributed by atoms with E-state index in [4.69, 9.17) is 0 Å². The Morgan fingerprint density at radius 2 is 1.76 bits per heavy atom. The fraction of sp³-hybridized carbons (Fsp3) is 0.882. The van der Waals surface area contributed by atoms with E-state index in [1.807, 2.05) is 6.92 Å². The lowest BCUT2D eigenvalue weighted by molar-refractivity contribution is -0.146. The van der Waals surface area contributed by atoms with Crippen LogP contribution in [0.2, 0.25) is 0 Å². The predicted molar refractivity (Wildman–Crippen MR) is 81.8 cm³/mol. The Kier molecular flexibility index (Phi) is 5.65. The van der Waals surface area contributed by atoms with E-state index in [0.717, 1.165) is 18.3 Å². The summed E-state index contributed by atoms with van der Waals surface area (Å²) < 4.78 is 0. The second-order valence-electron chi connectivity index (χ2n) is 7.35. The third-order valence-electron chi connectivity index (χ3n) is 5.35. The molecule has 2 rings (SSSR count). The number of carboxylic acids is 1. The summed E-state index contributed by atoms with van der Waals surface area (Å²) in [5, 5.41) is 12.2. The van der Waals surface area contributed by atoms with E-state index < -0.39 is 11.9 Å². The molecular weight excluding hydrogens is 266 g/mol.